The Balaban J connectivity index is 1.49. The van der Waals surface area contributed by atoms with Crippen molar-refractivity contribution >= 4 is 6.03 Å². The molecule has 3 N–H and O–H groups in total. The van der Waals surface area contributed by atoms with Gasteiger partial charge >= 0.3 is 6.03 Å². The van der Waals surface area contributed by atoms with Crippen LogP contribution < -0.4 is 10.6 Å². The third-order valence-corrected chi connectivity index (χ3v) is 4.85. The number of aliphatic hydroxyl groups excluding tert-OH is 1. The van der Waals surface area contributed by atoms with Crippen molar-refractivity contribution in [2.45, 2.75) is 50.7 Å². The van der Waals surface area contributed by atoms with Gasteiger partial charge in [0.25, 0.3) is 0 Å². The molecule has 2 saturated carbocycles. The van der Waals surface area contributed by atoms with E-state index in [-0.39, 0.29) is 18.2 Å². The molecule has 0 saturated heterocycles. The molecule has 0 radical (unpaired) electrons. The van der Waals surface area contributed by atoms with Crippen molar-refractivity contribution in [2.75, 3.05) is 6.54 Å². The van der Waals surface area contributed by atoms with Crippen LogP contribution in [0.4, 0.5) is 4.79 Å². The summed E-state index contributed by atoms with van der Waals surface area (Å²) in [6.07, 6.45) is 6.06. The summed E-state index contributed by atoms with van der Waals surface area (Å²) in [5, 5.41) is 15.8. The Morgan fingerprint density at radius 1 is 1.18 bits per heavy atom. The number of rotatable bonds is 5. The highest BCUT2D eigenvalue weighted by Gasteiger charge is 2.33. The molecule has 2 aliphatic rings. The van der Waals surface area contributed by atoms with E-state index in [2.05, 4.69) is 22.8 Å². The van der Waals surface area contributed by atoms with E-state index in [9.17, 15) is 9.90 Å². The fourth-order valence-electron chi connectivity index (χ4n) is 3.44. The van der Waals surface area contributed by atoms with Gasteiger partial charge in [0, 0.05) is 6.54 Å². The van der Waals surface area contributed by atoms with Crippen LogP contribution >= 0.6 is 0 Å². The number of hydrogen-bond acceptors (Lipinski definition) is 2. The maximum Gasteiger partial charge on any atom is 0.315 e. The SMILES string of the molecule is O=C(NCC1CCCC(O)C1)NC(c1ccccc1)C1CC1. The normalized spacial score (nSPS) is 26.2. The Morgan fingerprint density at radius 3 is 2.64 bits per heavy atom. The minimum Gasteiger partial charge on any atom is -0.393 e. The van der Waals surface area contributed by atoms with Gasteiger partial charge < -0.3 is 15.7 Å². The third kappa shape index (κ3) is 4.23. The number of benzene rings is 1. The van der Waals surface area contributed by atoms with Gasteiger partial charge in [-0.05, 0) is 49.5 Å². The number of amides is 2. The van der Waals surface area contributed by atoms with Gasteiger partial charge in [-0.3, -0.25) is 0 Å². The van der Waals surface area contributed by atoms with E-state index in [0.717, 1.165) is 25.7 Å². The molecule has 22 heavy (non-hydrogen) atoms. The molecule has 1 aromatic carbocycles. The Morgan fingerprint density at radius 2 is 1.95 bits per heavy atom. The van der Waals surface area contributed by atoms with Crippen LogP contribution in [-0.2, 0) is 0 Å². The second-order valence-corrected chi connectivity index (χ2v) is 6.77. The summed E-state index contributed by atoms with van der Waals surface area (Å²) >= 11 is 0. The minimum absolute atomic E-state index is 0.0826. The van der Waals surface area contributed by atoms with Crippen LogP contribution in [0.15, 0.2) is 30.3 Å². The second kappa shape index (κ2) is 7.14. The van der Waals surface area contributed by atoms with Crippen molar-refractivity contribution in [2.24, 2.45) is 11.8 Å². The lowest BCUT2D eigenvalue weighted by Gasteiger charge is -2.26. The first-order valence-electron chi connectivity index (χ1n) is 8.49. The van der Waals surface area contributed by atoms with E-state index in [1.165, 1.54) is 18.4 Å². The average Bonchev–Trinajstić information content (AvgIpc) is 3.36. The summed E-state index contributed by atoms with van der Waals surface area (Å²) in [7, 11) is 0. The van der Waals surface area contributed by atoms with E-state index >= 15 is 0 Å². The molecule has 3 rings (SSSR count). The van der Waals surface area contributed by atoms with E-state index in [1.54, 1.807) is 0 Å². The molecule has 2 aliphatic carbocycles. The van der Waals surface area contributed by atoms with Crippen molar-refractivity contribution in [3.05, 3.63) is 35.9 Å². The van der Waals surface area contributed by atoms with Crippen molar-refractivity contribution < 1.29 is 9.90 Å². The predicted molar refractivity (Wildman–Crippen MR) is 86.4 cm³/mol. The second-order valence-electron chi connectivity index (χ2n) is 6.77. The van der Waals surface area contributed by atoms with Gasteiger partial charge in [-0.2, -0.15) is 0 Å². The lowest BCUT2D eigenvalue weighted by molar-refractivity contribution is 0.101. The molecule has 2 fully saturated rings. The zero-order chi connectivity index (χ0) is 15.4. The number of nitrogens with one attached hydrogen (secondary N) is 2. The highest BCUT2D eigenvalue weighted by atomic mass is 16.3. The number of carbonyl (C=O) groups excluding carboxylic acids is 1. The molecule has 0 spiro atoms. The van der Waals surface area contributed by atoms with E-state index in [4.69, 9.17) is 0 Å². The Hall–Kier alpha value is -1.55. The summed E-state index contributed by atoms with van der Waals surface area (Å²) in [6, 6.07) is 10.3. The number of urea groups is 1. The van der Waals surface area contributed by atoms with Gasteiger partial charge in [-0.25, -0.2) is 4.79 Å². The van der Waals surface area contributed by atoms with Crippen molar-refractivity contribution in [1.82, 2.24) is 10.6 Å². The molecule has 0 aliphatic heterocycles. The summed E-state index contributed by atoms with van der Waals surface area (Å²) in [6.45, 7) is 0.662. The largest absolute Gasteiger partial charge is 0.393 e. The maximum absolute atomic E-state index is 12.2. The van der Waals surface area contributed by atoms with Crippen LogP contribution in [0.1, 0.15) is 50.1 Å². The van der Waals surface area contributed by atoms with Gasteiger partial charge in [0.1, 0.15) is 0 Å². The Kier molecular flexibility index (Phi) is 4.98. The van der Waals surface area contributed by atoms with Crippen molar-refractivity contribution in [1.29, 1.82) is 0 Å². The van der Waals surface area contributed by atoms with Gasteiger partial charge in [0.05, 0.1) is 12.1 Å². The monoisotopic (exact) mass is 302 g/mol. The van der Waals surface area contributed by atoms with E-state index in [0.29, 0.717) is 18.4 Å². The fraction of sp³-hybridized carbons (Fsp3) is 0.611. The van der Waals surface area contributed by atoms with Crippen LogP contribution in [0.3, 0.4) is 0 Å². The lowest BCUT2D eigenvalue weighted by Crippen LogP contribution is -2.41. The molecule has 4 heteroatoms. The molecule has 1 aromatic rings. The first-order chi connectivity index (χ1) is 10.7. The average molecular weight is 302 g/mol. The first-order valence-corrected chi connectivity index (χ1v) is 8.49. The number of carbonyl (C=O) groups is 1. The quantitative estimate of drug-likeness (QED) is 0.783. The highest BCUT2D eigenvalue weighted by Crippen LogP contribution is 2.40. The smallest absolute Gasteiger partial charge is 0.315 e. The number of aliphatic hydroxyl groups is 1. The number of hydrogen-bond donors (Lipinski definition) is 3. The molecule has 0 aromatic heterocycles. The van der Waals surface area contributed by atoms with Gasteiger partial charge in [0.15, 0.2) is 0 Å². The molecule has 3 unspecified atom stereocenters. The summed E-state index contributed by atoms with van der Waals surface area (Å²) in [5.74, 6) is 0.982. The molecular formula is C18H26N2O2. The molecule has 0 heterocycles. The van der Waals surface area contributed by atoms with Crippen LogP contribution in [0.25, 0.3) is 0 Å². The van der Waals surface area contributed by atoms with Crippen LogP contribution in [-0.4, -0.2) is 23.8 Å². The van der Waals surface area contributed by atoms with E-state index < -0.39 is 0 Å². The lowest BCUT2D eigenvalue weighted by atomic mass is 9.87. The fourth-order valence-corrected chi connectivity index (χ4v) is 3.44. The van der Waals surface area contributed by atoms with Crippen LogP contribution in [0, 0.1) is 11.8 Å². The van der Waals surface area contributed by atoms with E-state index in [1.807, 2.05) is 18.2 Å². The summed E-state index contributed by atoms with van der Waals surface area (Å²) in [4.78, 5) is 12.2. The zero-order valence-corrected chi connectivity index (χ0v) is 13.0. The highest BCUT2D eigenvalue weighted by molar-refractivity contribution is 5.74. The molecular weight excluding hydrogens is 276 g/mol. The maximum atomic E-state index is 12.2. The van der Waals surface area contributed by atoms with Crippen LogP contribution in [0.2, 0.25) is 0 Å². The molecule has 3 atom stereocenters. The molecule has 0 bridgehead atoms. The Bertz CT molecular complexity index is 487. The molecule has 4 nitrogen and oxygen atoms in total. The van der Waals surface area contributed by atoms with Crippen LogP contribution in [0.5, 0.6) is 0 Å². The standard InChI is InChI=1S/C18H26N2O2/c21-16-8-4-5-13(11-16)12-19-18(22)20-17(15-9-10-15)14-6-2-1-3-7-14/h1-3,6-7,13,15-17,21H,4-5,8-12H2,(H2,19,20,22). The van der Waals surface area contributed by atoms with Crippen molar-refractivity contribution in [3.8, 4) is 0 Å². The zero-order valence-electron chi connectivity index (χ0n) is 13.0. The third-order valence-electron chi connectivity index (χ3n) is 4.85. The van der Waals surface area contributed by atoms with Crippen molar-refractivity contribution in [3.63, 3.8) is 0 Å². The van der Waals surface area contributed by atoms with Gasteiger partial charge in [-0.1, -0.05) is 36.8 Å². The summed E-state index contributed by atoms with van der Waals surface area (Å²) < 4.78 is 0. The summed E-state index contributed by atoms with van der Waals surface area (Å²) in [5.41, 5.74) is 1.19. The topological polar surface area (TPSA) is 61.4 Å². The molecule has 120 valence electrons. The molecule has 2 amide bonds. The first kappa shape index (κ1) is 15.3. The predicted octanol–water partition coefficient (Wildman–Crippen LogP) is 2.99. The van der Waals surface area contributed by atoms with Gasteiger partial charge in [0.2, 0.25) is 0 Å². The Labute approximate surface area is 132 Å². The minimum atomic E-state index is -0.188. The van der Waals surface area contributed by atoms with Gasteiger partial charge in [-0.15, -0.1) is 0 Å².